The highest BCUT2D eigenvalue weighted by atomic mass is 79.9. The van der Waals surface area contributed by atoms with Gasteiger partial charge in [0, 0.05) is 13.5 Å². The number of hydrogen-bond donors (Lipinski definition) is 0. The SMILES string of the molecule is CCC(=O)c1c(Br)cnn1CCOC. The maximum Gasteiger partial charge on any atom is 0.181 e. The molecule has 0 saturated heterocycles. The van der Waals surface area contributed by atoms with E-state index >= 15 is 0 Å². The second-order valence-electron chi connectivity index (χ2n) is 2.83. The van der Waals surface area contributed by atoms with Crippen LogP contribution in [0.15, 0.2) is 10.7 Å². The van der Waals surface area contributed by atoms with Gasteiger partial charge in [0.05, 0.1) is 23.8 Å². The van der Waals surface area contributed by atoms with Gasteiger partial charge in [-0.2, -0.15) is 5.10 Å². The zero-order valence-corrected chi connectivity index (χ0v) is 9.87. The second-order valence-corrected chi connectivity index (χ2v) is 3.69. The van der Waals surface area contributed by atoms with E-state index in [4.69, 9.17) is 4.74 Å². The lowest BCUT2D eigenvalue weighted by molar-refractivity contribution is 0.0973. The van der Waals surface area contributed by atoms with Crippen molar-refractivity contribution in [1.29, 1.82) is 0 Å². The highest BCUT2D eigenvalue weighted by Gasteiger charge is 2.14. The van der Waals surface area contributed by atoms with Crippen molar-refractivity contribution in [3.63, 3.8) is 0 Å². The number of carbonyl (C=O) groups excluding carboxylic acids is 1. The van der Waals surface area contributed by atoms with Crippen LogP contribution >= 0.6 is 15.9 Å². The van der Waals surface area contributed by atoms with Crippen LogP contribution in [0.25, 0.3) is 0 Å². The Morgan fingerprint density at radius 2 is 2.43 bits per heavy atom. The quantitative estimate of drug-likeness (QED) is 0.760. The van der Waals surface area contributed by atoms with Gasteiger partial charge in [-0.25, -0.2) is 0 Å². The molecule has 0 N–H and O–H groups in total. The zero-order valence-electron chi connectivity index (χ0n) is 8.29. The van der Waals surface area contributed by atoms with Gasteiger partial charge in [0.2, 0.25) is 0 Å². The smallest absolute Gasteiger partial charge is 0.181 e. The third-order valence-electron chi connectivity index (χ3n) is 1.89. The highest BCUT2D eigenvalue weighted by molar-refractivity contribution is 9.10. The Hall–Kier alpha value is -0.680. The lowest BCUT2D eigenvalue weighted by Gasteiger charge is -2.05. The number of aromatic nitrogens is 2. The summed E-state index contributed by atoms with van der Waals surface area (Å²) in [7, 11) is 1.62. The Morgan fingerprint density at radius 1 is 1.71 bits per heavy atom. The molecular formula is C9H13BrN2O2. The minimum Gasteiger partial charge on any atom is -0.383 e. The third kappa shape index (κ3) is 2.42. The molecule has 5 heteroatoms. The molecule has 0 aliphatic heterocycles. The third-order valence-corrected chi connectivity index (χ3v) is 2.47. The van der Waals surface area contributed by atoms with Gasteiger partial charge in [-0.1, -0.05) is 6.92 Å². The Kier molecular flexibility index (Phi) is 4.28. The average Bonchev–Trinajstić information content (AvgIpc) is 2.55. The van der Waals surface area contributed by atoms with E-state index in [0.29, 0.717) is 25.3 Å². The molecule has 0 spiro atoms. The normalized spacial score (nSPS) is 10.5. The highest BCUT2D eigenvalue weighted by Crippen LogP contribution is 2.17. The summed E-state index contributed by atoms with van der Waals surface area (Å²) < 4.78 is 7.35. The van der Waals surface area contributed by atoms with Crippen LogP contribution in [0.5, 0.6) is 0 Å². The van der Waals surface area contributed by atoms with Crippen LogP contribution < -0.4 is 0 Å². The van der Waals surface area contributed by atoms with Crippen LogP contribution in [-0.2, 0) is 11.3 Å². The summed E-state index contributed by atoms with van der Waals surface area (Å²) in [6.07, 6.45) is 2.12. The van der Waals surface area contributed by atoms with Gasteiger partial charge in [0.1, 0.15) is 5.69 Å². The first kappa shape index (κ1) is 11.4. The first-order valence-corrected chi connectivity index (χ1v) is 5.23. The molecule has 78 valence electrons. The Bertz CT molecular complexity index is 323. The van der Waals surface area contributed by atoms with Gasteiger partial charge in [0.15, 0.2) is 5.78 Å². The maximum atomic E-state index is 11.5. The first-order valence-electron chi connectivity index (χ1n) is 4.44. The minimum absolute atomic E-state index is 0.0884. The Morgan fingerprint density at radius 3 is 3.00 bits per heavy atom. The number of ether oxygens (including phenoxy) is 1. The number of rotatable bonds is 5. The predicted octanol–water partition coefficient (Wildman–Crippen LogP) is 1.88. The molecule has 1 rings (SSSR count). The minimum atomic E-state index is 0.0884. The van der Waals surface area contributed by atoms with Crippen molar-refractivity contribution in [1.82, 2.24) is 9.78 Å². The number of Topliss-reactive ketones (excluding diaryl/α,β-unsaturated/α-hetero) is 1. The van der Waals surface area contributed by atoms with Crippen LogP contribution in [-0.4, -0.2) is 29.3 Å². The van der Waals surface area contributed by atoms with E-state index < -0.39 is 0 Å². The fourth-order valence-corrected chi connectivity index (χ4v) is 1.67. The molecule has 1 heterocycles. The molecule has 0 amide bonds. The molecule has 0 unspecified atom stereocenters. The van der Waals surface area contributed by atoms with Crippen molar-refractivity contribution in [2.24, 2.45) is 0 Å². The largest absolute Gasteiger partial charge is 0.383 e. The standard InChI is InChI=1S/C9H13BrN2O2/c1-3-8(13)9-7(10)6-11-12(9)4-5-14-2/h6H,3-5H2,1-2H3. The molecule has 0 bridgehead atoms. The fourth-order valence-electron chi connectivity index (χ4n) is 1.15. The maximum absolute atomic E-state index is 11.5. The summed E-state index contributed by atoms with van der Waals surface area (Å²) in [5.41, 5.74) is 0.629. The molecule has 0 saturated carbocycles. The molecule has 14 heavy (non-hydrogen) atoms. The van der Waals surface area contributed by atoms with E-state index in [1.165, 1.54) is 0 Å². The Balaban J connectivity index is 2.88. The van der Waals surface area contributed by atoms with Crippen LogP contribution in [0.4, 0.5) is 0 Å². The van der Waals surface area contributed by atoms with E-state index in [1.54, 1.807) is 18.0 Å². The second kappa shape index (κ2) is 5.26. The van der Waals surface area contributed by atoms with Gasteiger partial charge in [-0.15, -0.1) is 0 Å². The van der Waals surface area contributed by atoms with Gasteiger partial charge in [-0.3, -0.25) is 9.48 Å². The summed E-state index contributed by atoms with van der Waals surface area (Å²) in [6.45, 7) is 2.99. The number of ketones is 1. The Labute approximate surface area is 91.4 Å². The lowest BCUT2D eigenvalue weighted by Crippen LogP contribution is -2.13. The topological polar surface area (TPSA) is 44.1 Å². The lowest BCUT2D eigenvalue weighted by atomic mass is 10.2. The molecule has 1 aromatic rings. The van der Waals surface area contributed by atoms with E-state index in [1.807, 2.05) is 6.92 Å². The number of methoxy groups -OCH3 is 1. The molecule has 0 fully saturated rings. The molecule has 0 aliphatic carbocycles. The van der Waals surface area contributed by atoms with E-state index in [9.17, 15) is 4.79 Å². The molecule has 0 aromatic carbocycles. The molecule has 0 aliphatic rings. The predicted molar refractivity (Wildman–Crippen MR) is 56.4 cm³/mol. The monoisotopic (exact) mass is 260 g/mol. The van der Waals surface area contributed by atoms with Crippen LogP contribution in [0.3, 0.4) is 0 Å². The van der Waals surface area contributed by atoms with Gasteiger partial charge in [-0.05, 0) is 15.9 Å². The number of nitrogens with zero attached hydrogens (tertiary/aromatic N) is 2. The van der Waals surface area contributed by atoms with Crippen LogP contribution in [0.2, 0.25) is 0 Å². The molecule has 0 atom stereocenters. The average molecular weight is 261 g/mol. The van der Waals surface area contributed by atoms with Crippen molar-refractivity contribution in [3.05, 3.63) is 16.4 Å². The molecule has 4 nitrogen and oxygen atoms in total. The van der Waals surface area contributed by atoms with Crippen LogP contribution in [0.1, 0.15) is 23.8 Å². The van der Waals surface area contributed by atoms with Crippen molar-refractivity contribution in [2.75, 3.05) is 13.7 Å². The number of halogens is 1. The van der Waals surface area contributed by atoms with Gasteiger partial charge in [0.25, 0.3) is 0 Å². The van der Waals surface area contributed by atoms with E-state index in [-0.39, 0.29) is 5.78 Å². The summed E-state index contributed by atoms with van der Waals surface area (Å²) >= 11 is 3.31. The molecular weight excluding hydrogens is 248 g/mol. The van der Waals surface area contributed by atoms with E-state index in [0.717, 1.165) is 4.47 Å². The first-order chi connectivity index (χ1) is 6.70. The zero-order chi connectivity index (χ0) is 10.6. The van der Waals surface area contributed by atoms with E-state index in [2.05, 4.69) is 21.0 Å². The van der Waals surface area contributed by atoms with Crippen molar-refractivity contribution >= 4 is 21.7 Å². The summed E-state index contributed by atoms with van der Waals surface area (Å²) in [4.78, 5) is 11.5. The number of hydrogen-bond acceptors (Lipinski definition) is 3. The summed E-state index contributed by atoms with van der Waals surface area (Å²) in [5, 5.41) is 4.09. The van der Waals surface area contributed by atoms with Gasteiger partial charge >= 0.3 is 0 Å². The summed E-state index contributed by atoms with van der Waals surface area (Å²) in [5.74, 6) is 0.0884. The van der Waals surface area contributed by atoms with Crippen molar-refractivity contribution in [2.45, 2.75) is 19.9 Å². The fraction of sp³-hybridized carbons (Fsp3) is 0.556. The number of carbonyl (C=O) groups is 1. The summed E-state index contributed by atoms with van der Waals surface area (Å²) in [6, 6.07) is 0. The molecule has 0 radical (unpaired) electrons. The van der Waals surface area contributed by atoms with Crippen molar-refractivity contribution in [3.8, 4) is 0 Å². The molecule has 1 aromatic heterocycles. The van der Waals surface area contributed by atoms with Crippen molar-refractivity contribution < 1.29 is 9.53 Å². The van der Waals surface area contributed by atoms with Gasteiger partial charge < -0.3 is 4.74 Å². The van der Waals surface area contributed by atoms with Crippen LogP contribution in [0, 0.1) is 0 Å².